The first-order valence-corrected chi connectivity index (χ1v) is 10.1. The number of benzene rings is 1. The molecule has 1 amide bonds. The fourth-order valence-electron chi connectivity index (χ4n) is 3.89. The molecule has 0 radical (unpaired) electrons. The first-order chi connectivity index (χ1) is 13.7. The summed E-state index contributed by atoms with van der Waals surface area (Å²) in [6.45, 7) is 5.48. The van der Waals surface area contributed by atoms with E-state index in [-0.39, 0.29) is 12.1 Å². The van der Waals surface area contributed by atoms with Crippen molar-refractivity contribution in [2.24, 2.45) is 0 Å². The largest absolute Gasteiger partial charge is 0.450 e. The van der Waals surface area contributed by atoms with E-state index in [0.29, 0.717) is 25.6 Å². The minimum absolute atomic E-state index is 0.218. The van der Waals surface area contributed by atoms with Crippen LogP contribution in [-0.4, -0.2) is 53.2 Å². The zero-order valence-electron chi connectivity index (χ0n) is 16.3. The standard InChI is InChI=1S/C21H27N5O2/c1-2-28-21(27)25-13-9-18(10-14-25)23-20-22-11-7-19(24-20)26-12-8-16-5-3-4-6-17(16)15-26/h3-7,11,18H,2,8-10,12-15H2,1H3,(H,22,23,24). The number of rotatable bonds is 4. The lowest BCUT2D eigenvalue weighted by molar-refractivity contribution is 0.0983. The number of nitrogens with one attached hydrogen (secondary N) is 1. The molecule has 1 fully saturated rings. The van der Waals surface area contributed by atoms with Crippen LogP contribution in [0.15, 0.2) is 36.5 Å². The van der Waals surface area contributed by atoms with E-state index in [9.17, 15) is 4.79 Å². The number of anilines is 2. The SMILES string of the molecule is CCOC(=O)N1CCC(Nc2nccc(N3CCc4ccccc4C3)n2)CC1. The van der Waals surface area contributed by atoms with Gasteiger partial charge in [-0.2, -0.15) is 4.98 Å². The summed E-state index contributed by atoms with van der Waals surface area (Å²) in [5, 5.41) is 3.44. The third-order valence-corrected chi connectivity index (χ3v) is 5.45. The van der Waals surface area contributed by atoms with Crippen LogP contribution in [0.2, 0.25) is 0 Å². The van der Waals surface area contributed by atoms with Crippen LogP contribution in [0.25, 0.3) is 0 Å². The first-order valence-electron chi connectivity index (χ1n) is 10.1. The van der Waals surface area contributed by atoms with E-state index in [0.717, 1.165) is 38.2 Å². The van der Waals surface area contributed by atoms with Gasteiger partial charge in [-0.3, -0.25) is 0 Å². The summed E-state index contributed by atoms with van der Waals surface area (Å²) in [5.74, 6) is 1.61. The van der Waals surface area contributed by atoms with Gasteiger partial charge in [0, 0.05) is 38.4 Å². The van der Waals surface area contributed by atoms with Gasteiger partial charge in [0.15, 0.2) is 0 Å². The molecule has 0 aliphatic carbocycles. The number of nitrogens with zero attached hydrogens (tertiary/aromatic N) is 4. The maximum atomic E-state index is 11.8. The smallest absolute Gasteiger partial charge is 0.409 e. The zero-order chi connectivity index (χ0) is 19.3. The Morgan fingerprint density at radius 2 is 1.96 bits per heavy atom. The molecule has 2 aliphatic heterocycles. The third-order valence-electron chi connectivity index (χ3n) is 5.45. The Morgan fingerprint density at radius 1 is 1.18 bits per heavy atom. The number of fused-ring (bicyclic) bond motifs is 1. The minimum Gasteiger partial charge on any atom is -0.450 e. The topological polar surface area (TPSA) is 70.6 Å². The number of aromatic nitrogens is 2. The Bertz CT molecular complexity index is 820. The van der Waals surface area contributed by atoms with Crippen LogP contribution < -0.4 is 10.2 Å². The van der Waals surface area contributed by atoms with Gasteiger partial charge in [-0.05, 0) is 43.4 Å². The summed E-state index contributed by atoms with van der Waals surface area (Å²) >= 11 is 0. The van der Waals surface area contributed by atoms with Gasteiger partial charge in [0.2, 0.25) is 5.95 Å². The van der Waals surface area contributed by atoms with Crippen LogP contribution in [0.1, 0.15) is 30.9 Å². The maximum absolute atomic E-state index is 11.8. The molecule has 1 aromatic heterocycles. The van der Waals surface area contributed by atoms with Crippen LogP contribution in [0.5, 0.6) is 0 Å². The molecule has 7 nitrogen and oxygen atoms in total. The summed E-state index contributed by atoms with van der Waals surface area (Å²) in [6.07, 6.45) is 4.37. The molecule has 1 aromatic carbocycles. The van der Waals surface area contributed by atoms with Gasteiger partial charge < -0.3 is 19.9 Å². The van der Waals surface area contributed by atoms with Crippen LogP contribution in [-0.2, 0) is 17.7 Å². The van der Waals surface area contributed by atoms with E-state index < -0.39 is 0 Å². The highest BCUT2D eigenvalue weighted by atomic mass is 16.6. The quantitative estimate of drug-likeness (QED) is 0.878. The van der Waals surface area contributed by atoms with Crippen molar-refractivity contribution in [3.8, 4) is 0 Å². The summed E-state index contributed by atoms with van der Waals surface area (Å²) in [4.78, 5) is 25.0. The molecule has 0 spiro atoms. The number of likely N-dealkylation sites (tertiary alicyclic amines) is 1. The Kier molecular flexibility index (Phi) is 5.60. The fraction of sp³-hybridized carbons (Fsp3) is 0.476. The van der Waals surface area contributed by atoms with E-state index in [1.807, 2.05) is 19.2 Å². The van der Waals surface area contributed by atoms with Gasteiger partial charge >= 0.3 is 6.09 Å². The average molecular weight is 381 g/mol. The third kappa shape index (κ3) is 4.18. The number of hydrogen-bond acceptors (Lipinski definition) is 6. The monoisotopic (exact) mass is 381 g/mol. The van der Waals surface area contributed by atoms with E-state index in [1.54, 1.807) is 4.90 Å². The highest BCUT2D eigenvalue weighted by molar-refractivity contribution is 5.67. The lowest BCUT2D eigenvalue weighted by atomic mass is 10.00. The van der Waals surface area contributed by atoms with E-state index in [4.69, 9.17) is 9.72 Å². The molecule has 0 unspecified atom stereocenters. The van der Waals surface area contributed by atoms with Crippen LogP contribution in [0.4, 0.5) is 16.6 Å². The average Bonchev–Trinajstić information content (AvgIpc) is 2.74. The van der Waals surface area contributed by atoms with E-state index >= 15 is 0 Å². The molecule has 3 heterocycles. The molecule has 1 saturated heterocycles. The van der Waals surface area contributed by atoms with E-state index in [1.165, 1.54) is 11.1 Å². The molecular formula is C21H27N5O2. The number of carbonyl (C=O) groups is 1. The Labute approximate surface area is 165 Å². The normalized spacial score (nSPS) is 17.2. The summed E-state index contributed by atoms with van der Waals surface area (Å²) in [5.41, 5.74) is 2.80. The zero-order valence-corrected chi connectivity index (χ0v) is 16.3. The van der Waals surface area contributed by atoms with Crippen LogP contribution in [0.3, 0.4) is 0 Å². The number of ether oxygens (including phenoxy) is 1. The van der Waals surface area contributed by atoms with Crippen molar-refractivity contribution in [3.05, 3.63) is 47.7 Å². The van der Waals surface area contributed by atoms with Crippen molar-refractivity contribution in [1.29, 1.82) is 0 Å². The van der Waals surface area contributed by atoms with Crippen molar-refractivity contribution in [2.75, 3.05) is 36.5 Å². The molecule has 2 aromatic rings. The number of piperidine rings is 1. The Hall–Kier alpha value is -2.83. The highest BCUT2D eigenvalue weighted by Crippen LogP contribution is 2.24. The van der Waals surface area contributed by atoms with Crippen LogP contribution >= 0.6 is 0 Å². The molecule has 0 saturated carbocycles. The van der Waals surface area contributed by atoms with Gasteiger partial charge in [0.1, 0.15) is 5.82 Å². The van der Waals surface area contributed by atoms with Crippen molar-refractivity contribution < 1.29 is 9.53 Å². The van der Waals surface area contributed by atoms with Crippen molar-refractivity contribution >= 4 is 17.9 Å². The molecule has 0 bridgehead atoms. The molecule has 0 atom stereocenters. The lowest BCUT2D eigenvalue weighted by Gasteiger charge is -2.32. The number of carbonyl (C=O) groups excluding carboxylic acids is 1. The molecule has 2 aliphatic rings. The van der Waals surface area contributed by atoms with Gasteiger partial charge in [-0.1, -0.05) is 24.3 Å². The van der Waals surface area contributed by atoms with Crippen molar-refractivity contribution in [3.63, 3.8) is 0 Å². The molecular weight excluding hydrogens is 354 g/mol. The molecule has 7 heteroatoms. The van der Waals surface area contributed by atoms with Gasteiger partial charge in [-0.25, -0.2) is 9.78 Å². The predicted octanol–water partition coefficient (Wildman–Crippen LogP) is 3.07. The van der Waals surface area contributed by atoms with Gasteiger partial charge in [-0.15, -0.1) is 0 Å². The summed E-state index contributed by atoms with van der Waals surface area (Å²) in [6, 6.07) is 10.8. The fourth-order valence-corrected chi connectivity index (χ4v) is 3.89. The second-order valence-electron chi connectivity index (χ2n) is 7.28. The molecule has 148 valence electrons. The number of amides is 1. The van der Waals surface area contributed by atoms with Gasteiger partial charge in [0.05, 0.1) is 6.61 Å². The number of hydrogen-bond donors (Lipinski definition) is 1. The summed E-state index contributed by atoms with van der Waals surface area (Å²) in [7, 11) is 0. The Balaban J connectivity index is 1.36. The highest BCUT2D eigenvalue weighted by Gasteiger charge is 2.24. The molecule has 4 rings (SSSR count). The maximum Gasteiger partial charge on any atom is 0.409 e. The van der Waals surface area contributed by atoms with Crippen molar-refractivity contribution in [2.45, 2.75) is 38.8 Å². The first kappa shape index (κ1) is 18.5. The minimum atomic E-state index is -0.218. The van der Waals surface area contributed by atoms with Gasteiger partial charge in [0.25, 0.3) is 0 Å². The van der Waals surface area contributed by atoms with Crippen molar-refractivity contribution in [1.82, 2.24) is 14.9 Å². The Morgan fingerprint density at radius 3 is 2.75 bits per heavy atom. The lowest BCUT2D eigenvalue weighted by Crippen LogP contribution is -2.42. The predicted molar refractivity (Wildman–Crippen MR) is 108 cm³/mol. The van der Waals surface area contributed by atoms with Crippen LogP contribution in [0, 0.1) is 0 Å². The second-order valence-corrected chi connectivity index (χ2v) is 7.28. The van der Waals surface area contributed by atoms with E-state index in [2.05, 4.69) is 39.5 Å². The molecule has 28 heavy (non-hydrogen) atoms. The molecule has 1 N–H and O–H groups in total. The second kappa shape index (κ2) is 8.46. The summed E-state index contributed by atoms with van der Waals surface area (Å²) < 4.78 is 5.08.